The van der Waals surface area contributed by atoms with Gasteiger partial charge in [0.05, 0.1) is 12.2 Å². The standard InChI is InChI=1S/C16H16ClNO2S/c1-2-20-16(19)13-9-12(7-8-15(13)18)21-10-11-5-3-4-6-14(11)17/h3-9H,2,10,18H2,1H3. The van der Waals surface area contributed by atoms with Gasteiger partial charge in [0.15, 0.2) is 0 Å². The quantitative estimate of drug-likeness (QED) is 0.504. The Morgan fingerprint density at radius 1 is 1.29 bits per heavy atom. The summed E-state index contributed by atoms with van der Waals surface area (Å²) in [5, 5.41) is 0.742. The molecule has 21 heavy (non-hydrogen) atoms. The predicted octanol–water partition coefficient (Wildman–Crippen LogP) is 4.39. The maximum atomic E-state index is 11.8. The molecule has 0 heterocycles. The average Bonchev–Trinajstić information content (AvgIpc) is 2.48. The molecule has 0 spiro atoms. The van der Waals surface area contributed by atoms with E-state index in [0.717, 1.165) is 21.2 Å². The van der Waals surface area contributed by atoms with Crippen molar-refractivity contribution in [2.24, 2.45) is 0 Å². The highest BCUT2D eigenvalue weighted by Gasteiger charge is 2.12. The van der Waals surface area contributed by atoms with Crippen LogP contribution in [0.3, 0.4) is 0 Å². The first kappa shape index (κ1) is 15.7. The summed E-state index contributed by atoms with van der Waals surface area (Å²) in [7, 11) is 0. The first-order valence-corrected chi connectivity index (χ1v) is 7.91. The van der Waals surface area contributed by atoms with E-state index in [1.165, 1.54) is 0 Å². The van der Waals surface area contributed by atoms with Crippen LogP contribution in [0.1, 0.15) is 22.8 Å². The largest absolute Gasteiger partial charge is 0.462 e. The number of halogens is 1. The molecule has 0 aliphatic heterocycles. The van der Waals surface area contributed by atoms with E-state index in [1.807, 2.05) is 30.3 Å². The minimum absolute atomic E-state index is 0.329. The van der Waals surface area contributed by atoms with Crippen LogP contribution < -0.4 is 5.73 Å². The molecule has 0 fully saturated rings. The van der Waals surface area contributed by atoms with Gasteiger partial charge >= 0.3 is 5.97 Å². The normalized spacial score (nSPS) is 10.4. The van der Waals surface area contributed by atoms with Gasteiger partial charge in [0.2, 0.25) is 0 Å². The molecule has 0 bridgehead atoms. The molecule has 2 aromatic carbocycles. The number of thioether (sulfide) groups is 1. The number of carbonyl (C=O) groups is 1. The van der Waals surface area contributed by atoms with Crippen molar-refractivity contribution in [3.05, 3.63) is 58.6 Å². The Bertz CT molecular complexity index is 646. The van der Waals surface area contributed by atoms with Crippen molar-refractivity contribution in [3.8, 4) is 0 Å². The SMILES string of the molecule is CCOC(=O)c1cc(SCc2ccccc2Cl)ccc1N. The molecule has 3 nitrogen and oxygen atoms in total. The number of benzene rings is 2. The van der Waals surface area contributed by atoms with E-state index in [9.17, 15) is 4.79 Å². The molecule has 2 aromatic rings. The van der Waals surface area contributed by atoms with Crippen molar-refractivity contribution >= 4 is 35.0 Å². The van der Waals surface area contributed by atoms with E-state index in [4.69, 9.17) is 22.1 Å². The number of ether oxygens (including phenoxy) is 1. The summed E-state index contributed by atoms with van der Waals surface area (Å²) in [6.45, 7) is 2.10. The number of nitrogens with two attached hydrogens (primary N) is 1. The van der Waals surface area contributed by atoms with Gasteiger partial charge in [-0.05, 0) is 36.8 Å². The zero-order chi connectivity index (χ0) is 15.2. The second-order valence-electron chi connectivity index (χ2n) is 4.35. The summed E-state index contributed by atoms with van der Waals surface area (Å²) in [5.41, 5.74) is 7.71. The van der Waals surface area contributed by atoms with E-state index >= 15 is 0 Å². The van der Waals surface area contributed by atoms with Gasteiger partial charge in [-0.15, -0.1) is 11.8 Å². The lowest BCUT2D eigenvalue weighted by atomic mass is 10.2. The van der Waals surface area contributed by atoms with Gasteiger partial charge in [0.25, 0.3) is 0 Å². The summed E-state index contributed by atoms with van der Waals surface area (Å²) in [6, 6.07) is 13.1. The first-order chi connectivity index (χ1) is 10.1. The maximum absolute atomic E-state index is 11.8. The summed E-state index contributed by atoms with van der Waals surface area (Å²) < 4.78 is 5.00. The van der Waals surface area contributed by atoms with Crippen LogP contribution >= 0.6 is 23.4 Å². The van der Waals surface area contributed by atoms with Crippen LogP contribution in [0.5, 0.6) is 0 Å². The second-order valence-corrected chi connectivity index (χ2v) is 5.81. The zero-order valence-corrected chi connectivity index (χ0v) is 13.2. The highest BCUT2D eigenvalue weighted by molar-refractivity contribution is 7.98. The molecule has 0 amide bonds. The molecule has 0 unspecified atom stereocenters. The number of hydrogen-bond acceptors (Lipinski definition) is 4. The fourth-order valence-electron chi connectivity index (χ4n) is 1.79. The highest BCUT2D eigenvalue weighted by Crippen LogP contribution is 2.29. The Labute approximate surface area is 133 Å². The van der Waals surface area contributed by atoms with Crippen LogP contribution in [0.4, 0.5) is 5.69 Å². The molecule has 2 rings (SSSR count). The molecule has 0 aliphatic rings. The molecule has 5 heteroatoms. The van der Waals surface area contributed by atoms with Crippen molar-refractivity contribution < 1.29 is 9.53 Å². The van der Waals surface area contributed by atoms with E-state index < -0.39 is 5.97 Å². The van der Waals surface area contributed by atoms with Gasteiger partial charge < -0.3 is 10.5 Å². The van der Waals surface area contributed by atoms with Crippen molar-refractivity contribution in [2.45, 2.75) is 17.6 Å². The number of anilines is 1. The molecule has 0 atom stereocenters. The van der Waals surface area contributed by atoms with E-state index in [-0.39, 0.29) is 0 Å². The van der Waals surface area contributed by atoms with Crippen molar-refractivity contribution in [1.82, 2.24) is 0 Å². The van der Waals surface area contributed by atoms with E-state index in [2.05, 4.69) is 0 Å². The van der Waals surface area contributed by atoms with Crippen LogP contribution in [0.2, 0.25) is 5.02 Å². The third-order valence-electron chi connectivity index (χ3n) is 2.87. The topological polar surface area (TPSA) is 52.3 Å². The van der Waals surface area contributed by atoms with Gasteiger partial charge in [-0.1, -0.05) is 29.8 Å². The van der Waals surface area contributed by atoms with Gasteiger partial charge in [-0.2, -0.15) is 0 Å². The predicted molar refractivity (Wildman–Crippen MR) is 87.8 cm³/mol. The van der Waals surface area contributed by atoms with Gasteiger partial charge in [0, 0.05) is 21.4 Å². The molecular formula is C16H16ClNO2S. The number of carbonyl (C=O) groups excluding carboxylic acids is 1. The van der Waals surface area contributed by atoms with Crippen molar-refractivity contribution in [1.29, 1.82) is 0 Å². The molecule has 0 aromatic heterocycles. The zero-order valence-electron chi connectivity index (χ0n) is 11.6. The summed E-state index contributed by atoms with van der Waals surface area (Å²) in [4.78, 5) is 12.8. The lowest BCUT2D eigenvalue weighted by Gasteiger charge is -2.08. The minimum Gasteiger partial charge on any atom is -0.462 e. The van der Waals surface area contributed by atoms with Crippen LogP contribution in [0.25, 0.3) is 0 Å². The Hall–Kier alpha value is -1.65. The second kappa shape index (κ2) is 7.38. The Kier molecular flexibility index (Phi) is 5.53. The van der Waals surface area contributed by atoms with Crippen molar-refractivity contribution in [2.75, 3.05) is 12.3 Å². The molecule has 0 saturated carbocycles. The minimum atomic E-state index is -0.393. The molecule has 0 radical (unpaired) electrons. The maximum Gasteiger partial charge on any atom is 0.340 e. The summed E-state index contributed by atoms with van der Waals surface area (Å²) >= 11 is 7.73. The van der Waals surface area contributed by atoms with Crippen LogP contribution in [0, 0.1) is 0 Å². The summed E-state index contributed by atoms with van der Waals surface area (Å²) in [6.07, 6.45) is 0. The van der Waals surface area contributed by atoms with E-state index in [1.54, 1.807) is 30.8 Å². The highest BCUT2D eigenvalue weighted by atomic mass is 35.5. The van der Waals surface area contributed by atoms with Gasteiger partial charge in [-0.25, -0.2) is 4.79 Å². The molecule has 110 valence electrons. The van der Waals surface area contributed by atoms with Gasteiger partial charge in [-0.3, -0.25) is 0 Å². The Morgan fingerprint density at radius 2 is 2.05 bits per heavy atom. The molecule has 0 aliphatic carbocycles. The van der Waals surface area contributed by atoms with E-state index in [0.29, 0.717) is 17.9 Å². The van der Waals surface area contributed by atoms with Crippen LogP contribution in [-0.2, 0) is 10.5 Å². The Morgan fingerprint density at radius 3 is 2.76 bits per heavy atom. The number of esters is 1. The number of nitrogen functional groups attached to an aromatic ring is 1. The lowest BCUT2D eigenvalue weighted by molar-refractivity contribution is 0.0527. The monoisotopic (exact) mass is 321 g/mol. The molecular weight excluding hydrogens is 306 g/mol. The lowest BCUT2D eigenvalue weighted by Crippen LogP contribution is -2.08. The first-order valence-electron chi connectivity index (χ1n) is 6.54. The smallest absolute Gasteiger partial charge is 0.340 e. The average molecular weight is 322 g/mol. The molecule has 2 N–H and O–H groups in total. The Balaban J connectivity index is 2.12. The fraction of sp³-hybridized carbons (Fsp3) is 0.188. The third kappa shape index (κ3) is 4.16. The van der Waals surface area contributed by atoms with Gasteiger partial charge in [0.1, 0.15) is 0 Å². The van der Waals surface area contributed by atoms with Crippen LogP contribution in [-0.4, -0.2) is 12.6 Å². The summed E-state index contributed by atoms with van der Waals surface area (Å²) in [5.74, 6) is 0.335. The third-order valence-corrected chi connectivity index (χ3v) is 4.28. The number of hydrogen-bond donors (Lipinski definition) is 1. The number of rotatable bonds is 5. The van der Waals surface area contributed by atoms with Crippen molar-refractivity contribution in [3.63, 3.8) is 0 Å². The fourth-order valence-corrected chi connectivity index (χ4v) is 3.01. The van der Waals surface area contributed by atoms with Crippen LogP contribution in [0.15, 0.2) is 47.4 Å². The molecule has 0 saturated heterocycles.